The number of aryl methyl sites for hydroxylation is 1. The normalized spacial score (nSPS) is 15.4. The van der Waals surface area contributed by atoms with Crippen molar-refractivity contribution in [3.63, 3.8) is 0 Å². The molecule has 1 aromatic carbocycles. The zero-order valence-corrected chi connectivity index (χ0v) is 19.6. The van der Waals surface area contributed by atoms with Crippen LogP contribution in [0.1, 0.15) is 38.2 Å². The van der Waals surface area contributed by atoms with Gasteiger partial charge in [0, 0.05) is 29.1 Å². The Labute approximate surface area is 191 Å². The van der Waals surface area contributed by atoms with Gasteiger partial charge in [-0.25, -0.2) is 0 Å². The molecule has 0 radical (unpaired) electrons. The second-order valence-electron chi connectivity index (χ2n) is 7.62. The fourth-order valence-corrected chi connectivity index (χ4v) is 5.15. The number of carbonyl (C=O) groups is 1. The largest absolute Gasteiger partial charge is 0.497 e. The standard InChI is InChI=1S/C24H28N2O5S/c1-15-16(2)32-24(25-23(27)20-6-5-11-31-20)21(15)22(26-9-12-30-13-10-26)18-14-17(28-3)7-8-19(18)29-4/h5-8,11,14,22H,9-10,12-13H2,1-4H3,(H,25,27). The number of benzene rings is 1. The molecular weight excluding hydrogens is 428 g/mol. The van der Waals surface area contributed by atoms with Crippen LogP contribution >= 0.6 is 11.3 Å². The fraction of sp³-hybridized carbons (Fsp3) is 0.375. The highest BCUT2D eigenvalue weighted by Crippen LogP contribution is 2.45. The van der Waals surface area contributed by atoms with Crippen molar-refractivity contribution in [1.29, 1.82) is 0 Å². The minimum atomic E-state index is -0.268. The van der Waals surface area contributed by atoms with E-state index in [0.717, 1.165) is 51.2 Å². The summed E-state index contributed by atoms with van der Waals surface area (Å²) in [4.78, 5) is 16.4. The first kappa shape index (κ1) is 22.4. The molecule has 1 saturated heterocycles. The van der Waals surface area contributed by atoms with Crippen molar-refractivity contribution >= 4 is 22.2 Å². The van der Waals surface area contributed by atoms with Crippen molar-refractivity contribution in [1.82, 2.24) is 4.90 Å². The van der Waals surface area contributed by atoms with Crippen LogP contribution in [0.3, 0.4) is 0 Å². The summed E-state index contributed by atoms with van der Waals surface area (Å²) in [6.45, 7) is 7.02. The van der Waals surface area contributed by atoms with E-state index in [1.165, 1.54) is 6.26 Å². The van der Waals surface area contributed by atoms with Crippen molar-refractivity contribution in [2.24, 2.45) is 0 Å². The predicted molar refractivity (Wildman–Crippen MR) is 124 cm³/mol. The van der Waals surface area contributed by atoms with Crippen LogP contribution < -0.4 is 14.8 Å². The van der Waals surface area contributed by atoms with Crippen molar-refractivity contribution in [2.45, 2.75) is 19.9 Å². The molecule has 170 valence electrons. The first-order valence-electron chi connectivity index (χ1n) is 10.5. The Hall–Kier alpha value is -2.81. The minimum Gasteiger partial charge on any atom is -0.497 e. The van der Waals surface area contributed by atoms with Gasteiger partial charge in [-0.05, 0) is 49.7 Å². The average molecular weight is 457 g/mol. The average Bonchev–Trinajstić information content (AvgIpc) is 3.45. The summed E-state index contributed by atoms with van der Waals surface area (Å²) in [6, 6.07) is 9.07. The quantitative estimate of drug-likeness (QED) is 0.558. The molecule has 0 spiro atoms. The Kier molecular flexibility index (Phi) is 6.83. The molecule has 4 rings (SSSR count). The van der Waals surface area contributed by atoms with Gasteiger partial charge in [-0.2, -0.15) is 0 Å². The van der Waals surface area contributed by atoms with Crippen LogP contribution in [0.2, 0.25) is 0 Å². The van der Waals surface area contributed by atoms with Crippen molar-refractivity contribution < 1.29 is 23.4 Å². The van der Waals surface area contributed by atoms with Gasteiger partial charge in [0.25, 0.3) is 5.91 Å². The van der Waals surface area contributed by atoms with Gasteiger partial charge in [0.15, 0.2) is 5.76 Å². The number of methoxy groups -OCH3 is 2. The summed E-state index contributed by atoms with van der Waals surface area (Å²) in [5.41, 5.74) is 3.19. The number of amides is 1. The third kappa shape index (κ3) is 4.39. The van der Waals surface area contributed by atoms with E-state index >= 15 is 0 Å². The van der Waals surface area contributed by atoms with Gasteiger partial charge in [-0.1, -0.05) is 0 Å². The van der Waals surface area contributed by atoms with E-state index in [-0.39, 0.29) is 17.7 Å². The number of ether oxygens (including phenoxy) is 3. The molecule has 2 aromatic heterocycles. The fourth-order valence-electron chi connectivity index (χ4n) is 4.06. The Morgan fingerprint density at radius 2 is 1.94 bits per heavy atom. The van der Waals surface area contributed by atoms with E-state index < -0.39 is 0 Å². The molecule has 1 atom stereocenters. The summed E-state index contributed by atoms with van der Waals surface area (Å²) in [5, 5.41) is 3.89. The van der Waals surface area contributed by atoms with Crippen LogP contribution in [-0.4, -0.2) is 51.3 Å². The maximum atomic E-state index is 12.8. The third-order valence-corrected chi connectivity index (χ3v) is 6.96. The Morgan fingerprint density at radius 1 is 1.16 bits per heavy atom. The number of rotatable bonds is 7. The molecule has 0 saturated carbocycles. The van der Waals surface area contributed by atoms with Gasteiger partial charge in [-0.3, -0.25) is 9.69 Å². The first-order chi connectivity index (χ1) is 15.5. The van der Waals surface area contributed by atoms with E-state index in [0.29, 0.717) is 13.2 Å². The van der Waals surface area contributed by atoms with E-state index in [1.807, 2.05) is 18.2 Å². The van der Waals surface area contributed by atoms with E-state index in [4.69, 9.17) is 18.6 Å². The zero-order chi connectivity index (χ0) is 22.7. The number of hydrogen-bond acceptors (Lipinski definition) is 7. The van der Waals surface area contributed by atoms with Gasteiger partial charge in [-0.15, -0.1) is 11.3 Å². The molecule has 0 bridgehead atoms. The van der Waals surface area contributed by atoms with Crippen molar-refractivity contribution in [2.75, 3.05) is 45.8 Å². The monoisotopic (exact) mass is 456 g/mol. The number of morpholine rings is 1. The molecular formula is C24H28N2O5S. The predicted octanol–water partition coefficient (Wildman–Crippen LogP) is 4.65. The van der Waals surface area contributed by atoms with Gasteiger partial charge in [0.2, 0.25) is 0 Å². The number of hydrogen-bond donors (Lipinski definition) is 1. The molecule has 1 aliphatic rings. The summed E-state index contributed by atoms with van der Waals surface area (Å²) in [7, 11) is 3.33. The van der Waals surface area contributed by atoms with Crippen LogP contribution in [0, 0.1) is 13.8 Å². The smallest absolute Gasteiger partial charge is 0.291 e. The summed E-state index contributed by atoms with van der Waals surface area (Å²) in [6.07, 6.45) is 1.50. The second-order valence-corrected chi connectivity index (χ2v) is 8.84. The third-order valence-electron chi connectivity index (χ3n) is 5.82. The second kappa shape index (κ2) is 9.77. The Morgan fingerprint density at radius 3 is 2.59 bits per heavy atom. The SMILES string of the molecule is COc1ccc(OC)c(C(c2c(NC(=O)c3ccco3)sc(C)c2C)N2CCOCC2)c1. The van der Waals surface area contributed by atoms with Gasteiger partial charge >= 0.3 is 0 Å². The number of carbonyl (C=O) groups excluding carboxylic acids is 1. The van der Waals surface area contributed by atoms with Gasteiger partial charge in [0.1, 0.15) is 16.5 Å². The highest BCUT2D eigenvalue weighted by atomic mass is 32.1. The molecule has 8 heteroatoms. The number of nitrogens with one attached hydrogen (secondary N) is 1. The van der Waals surface area contributed by atoms with Gasteiger partial charge in [0.05, 0.1) is 39.7 Å². The van der Waals surface area contributed by atoms with Crippen LogP contribution in [0.25, 0.3) is 0 Å². The topological polar surface area (TPSA) is 73.2 Å². The molecule has 1 unspecified atom stereocenters. The van der Waals surface area contributed by atoms with E-state index in [1.54, 1.807) is 37.7 Å². The van der Waals surface area contributed by atoms with Crippen LogP contribution in [0.4, 0.5) is 5.00 Å². The lowest BCUT2D eigenvalue weighted by atomic mass is 9.93. The van der Waals surface area contributed by atoms with Crippen molar-refractivity contribution in [3.05, 3.63) is 63.9 Å². The molecule has 7 nitrogen and oxygen atoms in total. The van der Waals surface area contributed by atoms with Crippen molar-refractivity contribution in [3.8, 4) is 11.5 Å². The molecule has 32 heavy (non-hydrogen) atoms. The highest BCUT2D eigenvalue weighted by Gasteiger charge is 2.33. The number of anilines is 1. The highest BCUT2D eigenvalue weighted by molar-refractivity contribution is 7.16. The van der Waals surface area contributed by atoms with Crippen LogP contribution in [-0.2, 0) is 4.74 Å². The molecule has 0 aliphatic carbocycles. The zero-order valence-electron chi connectivity index (χ0n) is 18.8. The summed E-state index contributed by atoms with van der Waals surface area (Å²) in [5.74, 6) is 1.54. The Balaban J connectivity index is 1.84. The van der Waals surface area contributed by atoms with Crippen LogP contribution in [0.5, 0.6) is 11.5 Å². The molecule has 3 aromatic rings. The lowest BCUT2D eigenvalue weighted by molar-refractivity contribution is 0.0236. The molecule has 1 N–H and O–H groups in total. The molecule has 1 amide bonds. The molecule has 3 heterocycles. The molecule has 1 fully saturated rings. The maximum absolute atomic E-state index is 12.8. The number of furan rings is 1. The lowest BCUT2D eigenvalue weighted by Gasteiger charge is -2.36. The summed E-state index contributed by atoms with van der Waals surface area (Å²) < 4.78 is 22.2. The van der Waals surface area contributed by atoms with Gasteiger partial charge < -0.3 is 23.9 Å². The van der Waals surface area contributed by atoms with Crippen LogP contribution in [0.15, 0.2) is 41.0 Å². The lowest BCUT2D eigenvalue weighted by Crippen LogP contribution is -2.40. The minimum absolute atomic E-state index is 0.138. The molecule has 1 aliphatic heterocycles. The summed E-state index contributed by atoms with van der Waals surface area (Å²) >= 11 is 1.57. The first-order valence-corrected chi connectivity index (χ1v) is 11.3. The number of thiophene rings is 1. The van der Waals surface area contributed by atoms with E-state index in [9.17, 15) is 4.79 Å². The number of nitrogens with zero attached hydrogens (tertiary/aromatic N) is 1. The Bertz CT molecular complexity index is 1070. The van der Waals surface area contributed by atoms with E-state index in [2.05, 4.69) is 24.1 Å². The maximum Gasteiger partial charge on any atom is 0.291 e.